The van der Waals surface area contributed by atoms with E-state index >= 15 is 0 Å². The maximum atomic E-state index is 6.26. The standard InChI is InChI=1S/C15H12BrClN2S/c1-7-4-5-8(2)13-12(7)14(18-19-15(13)17)10-6-11(16)20-9(10)3/h4-6H,1-3H3. The molecule has 0 aliphatic rings. The number of benzene rings is 1. The lowest BCUT2D eigenvalue weighted by Crippen LogP contribution is -1.95. The van der Waals surface area contributed by atoms with Gasteiger partial charge in [0.2, 0.25) is 0 Å². The van der Waals surface area contributed by atoms with E-state index in [1.54, 1.807) is 11.3 Å². The zero-order chi connectivity index (χ0) is 14.4. The molecule has 0 amide bonds. The average molecular weight is 368 g/mol. The number of rotatable bonds is 1. The van der Waals surface area contributed by atoms with Gasteiger partial charge in [0.1, 0.15) is 5.69 Å². The number of hydrogen-bond acceptors (Lipinski definition) is 3. The van der Waals surface area contributed by atoms with Gasteiger partial charge in [-0.1, -0.05) is 23.7 Å². The summed E-state index contributed by atoms with van der Waals surface area (Å²) in [5.74, 6) is 0. The van der Waals surface area contributed by atoms with E-state index in [4.69, 9.17) is 11.6 Å². The summed E-state index contributed by atoms with van der Waals surface area (Å²) >= 11 is 11.5. The third kappa shape index (κ3) is 2.16. The molecular formula is C15H12BrClN2S. The molecule has 102 valence electrons. The molecule has 0 N–H and O–H groups in total. The van der Waals surface area contributed by atoms with Crippen LogP contribution in [-0.2, 0) is 0 Å². The molecule has 2 heterocycles. The lowest BCUT2D eigenvalue weighted by molar-refractivity contribution is 1.05. The Hall–Kier alpha value is -0.970. The molecule has 0 saturated heterocycles. The number of thiophene rings is 1. The van der Waals surface area contributed by atoms with Gasteiger partial charge in [0.15, 0.2) is 5.15 Å². The molecule has 0 aliphatic heterocycles. The predicted octanol–water partition coefficient (Wildman–Crippen LogP) is 5.70. The summed E-state index contributed by atoms with van der Waals surface area (Å²) in [6.45, 7) is 6.23. The molecule has 3 aromatic rings. The van der Waals surface area contributed by atoms with Gasteiger partial charge in [-0.25, -0.2) is 0 Å². The van der Waals surface area contributed by atoms with E-state index in [0.717, 1.165) is 31.4 Å². The normalized spacial score (nSPS) is 11.2. The molecule has 0 unspecified atom stereocenters. The van der Waals surface area contributed by atoms with Crippen molar-refractivity contribution in [3.8, 4) is 11.3 Å². The Morgan fingerprint density at radius 1 is 1.05 bits per heavy atom. The Balaban J connectivity index is 2.47. The lowest BCUT2D eigenvalue weighted by Gasteiger charge is -2.11. The second-order valence-corrected chi connectivity index (χ2v) is 7.80. The van der Waals surface area contributed by atoms with Crippen LogP contribution in [0, 0.1) is 20.8 Å². The van der Waals surface area contributed by atoms with Crippen molar-refractivity contribution in [2.45, 2.75) is 20.8 Å². The summed E-state index contributed by atoms with van der Waals surface area (Å²) in [5.41, 5.74) is 4.31. The highest BCUT2D eigenvalue weighted by molar-refractivity contribution is 9.11. The van der Waals surface area contributed by atoms with Crippen LogP contribution in [0.15, 0.2) is 22.0 Å². The Morgan fingerprint density at radius 3 is 2.30 bits per heavy atom. The van der Waals surface area contributed by atoms with Crippen molar-refractivity contribution >= 4 is 49.6 Å². The van der Waals surface area contributed by atoms with Gasteiger partial charge in [0.25, 0.3) is 0 Å². The number of aromatic nitrogens is 2. The van der Waals surface area contributed by atoms with Crippen molar-refractivity contribution in [3.63, 3.8) is 0 Å². The number of hydrogen-bond donors (Lipinski definition) is 0. The second kappa shape index (κ2) is 5.10. The van der Waals surface area contributed by atoms with Crippen molar-refractivity contribution in [2.75, 3.05) is 0 Å². The fourth-order valence-electron chi connectivity index (χ4n) is 2.45. The van der Waals surface area contributed by atoms with Crippen LogP contribution in [0.1, 0.15) is 16.0 Å². The number of nitrogens with zero attached hydrogens (tertiary/aromatic N) is 2. The molecule has 0 saturated carbocycles. The Bertz CT molecular complexity index is 818. The van der Waals surface area contributed by atoms with Crippen molar-refractivity contribution in [1.82, 2.24) is 10.2 Å². The number of aryl methyl sites for hydroxylation is 3. The van der Waals surface area contributed by atoms with Crippen LogP contribution in [0.2, 0.25) is 5.15 Å². The van der Waals surface area contributed by atoms with Crippen LogP contribution in [0.4, 0.5) is 0 Å². The van der Waals surface area contributed by atoms with E-state index in [9.17, 15) is 0 Å². The van der Waals surface area contributed by atoms with Gasteiger partial charge in [0.05, 0.1) is 3.79 Å². The lowest BCUT2D eigenvalue weighted by atomic mass is 9.98. The highest BCUT2D eigenvalue weighted by atomic mass is 79.9. The molecule has 2 aromatic heterocycles. The molecule has 3 rings (SSSR count). The minimum Gasteiger partial charge on any atom is -0.148 e. The van der Waals surface area contributed by atoms with Gasteiger partial charge in [-0.05, 0) is 53.9 Å². The molecule has 20 heavy (non-hydrogen) atoms. The van der Waals surface area contributed by atoms with Crippen LogP contribution in [0.5, 0.6) is 0 Å². The molecular weight excluding hydrogens is 356 g/mol. The van der Waals surface area contributed by atoms with Crippen molar-refractivity contribution in [3.05, 3.63) is 43.1 Å². The average Bonchev–Trinajstić information content (AvgIpc) is 2.73. The van der Waals surface area contributed by atoms with Gasteiger partial charge < -0.3 is 0 Å². The molecule has 1 aromatic carbocycles. The van der Waals surface area contributed by atoms with E-state index in [0.29, 0.717) is 5.15 Å². The van der Waals surface area contributed by atoms with Crippen LogP contribution in [0.3, 0.4) is 0 Å². The third-order valence-electron chi connectivity index (χ3n) is 3.45. The van der Waals surface area contributed by atoms with Crippen molar-refractivity contribution < 1.29 is 0 Å². The first kappa shape index (κ1) is 14.0. The number of halogens is 2. The summed E-state index contributed by atoms with van der Waals surface area (Å²) < 4.78 is 1.10. The third-order valence-corrected chi connectivity index (χ3v) is 5.26. The van der Waals surface area contributed by atoms with E-state index in [2.05, 4.69) is 65.1 Å². The summed E-state index contributed by atoms with van der Waals surface area (Å²) in [4.78, 5) is 1.22. The molecule has 0 atom stereocenters. The van der Waals surface area contributed by atoms with Crippen LogP contribution >= 0.6 is 38.9 Å². The molecule has 5 heteroatoms. The fraction of sp³-hybridized carbons (Fsp3) is 0.200. The Kier molecular flexibility index (Phi) is 3.56. The Labute approximate surface area is 134 Å². The minimum absolute atomic E-state index is 0.469. The predicted molar refractivity (Wildman–Crippen MR) is 89.8 cm³/mol. The molecule has 0 radical (unpaired) electrons. The topological polar surface area (TPSA) is 25.8 Å². The van der Waals surface area contributed by atoms with E-state index in [1.807, 2.05) is 0 Å². The molecule has 0 spiro atoms. The molecule has 0 aliphatic carbocycles. The Morgan fingerprint density at radius 2 is 1.70 bits per heavy atom. The van der Waals surface area contributed by atoms with Crippen LogP contribution < -0.4 is 0 Å². The molecule has 2 nitrogen and oxygen atoms in total. The van der Waals surface area contributed by atoms with E-state index < -0.39 is 0 Å². The quantitative estimate of drug-likeness (QED) is 0.551. The van der Waals surface area contributed by atoms with E-state index in [-0.39, 0.29) is 0 Å². The van der Waals surface area contributed by atoms with Gasteiger partial charge in [-0.3, -0.25) is 0 Å². The fourth-order valence-corrected chi connectivity index (χ4v) is 4.42. The van der Waals surface area contributed by atoms with Gasteiger partial charge >= 0.3 is 0 Å². The summed E-state index contributed by atoms with van der Waals surface area (Å²) in [5, 5.41) is 11.1. The first-order chi connectivity index (χ1) is 9.49. The van der Waals surface area contributed by atoms with Crippen LogP contribution in [-0.4, -0.2) is 10.2 Å². The maximum Gasteiger partial charge on any atom is 0.159 e. The zero-order valence-corrected chi connectivity index (χ0v) is 14.4. The second-order valence-electron chi connectivity index (χ2n) is 4.81. The summed E-state index contributed by atoms with van der Waals surface area (Å²) in [6, 6.07) is 6.28. The largest absolute Gasteiger partial charge is 0.159 e. The van der Waals surface area contributed by atoms with Gasteiger partial charge in [-0.15, -0.1) is 21.5 Å². The SMILES string of the molecule is Cc1sc(Br)cc1-c1nnc(Cl)c2c(C)ccc(C)c12. The maximum absolute atomic E-state index is 6.26. The molecule has 0 fully saturated rings. The van der Waals surface area contributed by atoms with Gasteiger partial charge in [-0.2, -0.15) is 0 Å². The summed E-state index contributed by atoms with van der Waals surface area (Å²) in [6.07, 6.45) is 0. The minimum atomic E-state index is 0.469. The van der Waals surface area contributed by atoms with Crippen molar-refractivity contribution in [1.29, 1.82) is 0 Å². The summed E-state index contributed by atoms with van der Waals surface area (Å²) in [7, 11) is 0. The monoisotopic (exact) mass is 366 g/mol. The van der Waals surface area contributed by atoms with Crippen LogP contribution in [0.25, 0.3) is 22.0 Å². The first-order valence-corrected chi connectivity index (χ1v) is 8.16. The molecule has 0 bridgehead atoms. The first-order valence-electron chi connectivity index (χ1n) is 6.17. The number of fused-ring (bicyclic) bond motifs is 1. The van der Waals surface area contributed by atoms with Crippen molar-refractivity contribution in [2.24, 2.45) is 0 Å². The van der Waals surface area contributed by atoms with E-state index in [1.165, 1.54) is 10.4 Å². The zero-order valence-electron chi connectivity index (χ0n) is 11.3. The smallest absolute Gasteiger partial charge is 0.148 e. The highest BCUT2D eigenvalue weighted by Crippen LogP contribution is 2.39. The van der Waals surface area contributed by atoms with Gasteiger partial charge in [0, 0.05) is 21.2 Å². The highest BCUT2D eigenvalue weighted by Gasteiger charge is 2.16.